The fourth-order valence-electron chi connectivity index (χ4n) is 2.00. The lowest BCUT2D eigenvalue weighted by molar-refractivity contribution is -0.110. The van der Waals surface area contributed by atoms with Gasteiger partial charge in [0.25, 0.3) is 0 Å². The van der Waals surface area contributed by atoms with Crippen LogP contribution < -0.4 is 9.47 Å². The fourth-order valence-corrected chi connectivity index (χ4v) is 2.00. The Balaban J connectivity index is 2.02. The summed E-state index contributed by atoms with van der Waals surface area (Å²) < 4.78 is 11.3. The highest BCUT2D eigenvalue weighted by Gasteiger charge is 2.13. The molecule has 2 aromatic heterocycles. The van der Waals surface area contributed by atoms with Gasteiger partial charge in [-0.15, -0.1) is 0 Å². The Kier molecular flexibility index (Phi) is 6.62. The zero-order valence-electron chi connectivity index (χ0n) is 17.1. The number of nitrogens with zero attached hydrogens (tertiary/aromatic N) is 4. The van der Waals surface area contributed by atoms with Crippen LogP contribution in [0.15, 0.2) is 36.9 Å². The first kappa shape index (κ1) is 21.2. The lowest BCUT2D eigenvalue weighted by Crippen LogP contribution is -2.23. The molecule has 0 radical (unpaired) electrons. The molecule has 7 nitrogen and oxygen atoms in total. The van der Waals surface area contributed by atoms with Crippen LogP contribution in [-0.4, -0.2) is 36.9 Å². The van der Waals surface area contributed by atoms with Gasteiger partial charge in [0.05, 0.1) is 36.2 Å². The number of carbonyl (C=O) groups is 1. The number of ketones is 1. The predicted octanol–water partition coefficient (Wildman–Crippen LogP) is 3.92. The van der Waals surface area contributed by atoms with Gasteiger partial charge in [-0.05, 0) is 65.8 Å². The third kappa shape index (κ3) is 8.07. The number of ether oxygens (including phenoxy) is 2. The van der Waals surface area contributed by atoms with Crippen LogP contribution in [-0.2, 0) is 4.79 Å². The van der Waals surface area contributed by atoms with Crippen molar-refractivity contribution in [3.05, 3.63) is 48.3 Å². The van der Waals surface area contributed by atoms with Gasteiger partial charge < -0.3 is 9.47 Å². The number of hydrogen-bond acceptors (Lipinski definition) is 7. The number of allylic oxidation sites excluding steroid dienone is 2. The first-order valence-corrected chi connectivity index (χ1v) is 8.92. The molecule has 0 saturated carbocycles. The van der Waals surface area contributed by atoms with Gasteiger partial charge in [-0.3, -0.25) is 14.8 Å². The first-order chi connectivity index (χ1) is 13.0. The maximum absolute atomic E-state index is 12.1. The quantitative estimate of drug-likeness (QED) is 0.700. The third-order valence-corrected chi connectivity index (χ3v) is 2.92. The van der Waals surface area contributed by atoms with Crippen molar-refractivity contribution in [2.24, 2.45) is 0 Å². The van der Waals surface area contributed by atoms with Crippen LogP contribution in [0.2, 0.25) is 0 Å². The van der Waals surface area contributed by atoms with Gasteiger partial charge in [-0.1, -0.05) is 0 Å². The van der Waals surface area contributed by atoms with Crippen molar-refractivity contribution < 1.29 is 14.3 Å². The summed E-state index contributed by atoms with van der Waals surface area (Å²) in [5.41, 5.74) is 0.316. The van der Waals surface area contributed by atoms with E-state index >= 15 is 0 Å². The Hall–Kier alpha value is -3.09. The maximum atomic E-state index is 12.1. The van der Waals surface area contributed by atoms with Crippen LogP contribution in [0.4, 0.5) is 0 Å². The highest BCUT2D eigenvalue weighted by molar-refractivity contribution is 6.04. The zero-order valence-corrected chi connectivity index (χ0v) is 17.1. The molecule has 0 atom stereocenters. The molecule has 0 aromatic carbocycles. The minimum absolute atomic E-state index is 0.215. The summed E-state index contributed by atoms with van der Waals surface area (Å²) in [6, 6.07) is 0. The largest absolute Gasteiger partial charge is 0.471 e. The minimum Gasteiger partial charge on any atom is -0.471 e. The Morgan fingerprint density at radius 2 is 1.14 bits per heavy atom. The van der Waals surface area contributed by atoms with Crippen LogP contribution in [0.5, 0.6) is 11.8 Å². The molecule has 0 N–H and O–H groups in total. The molecular weight excluding hydrogens is 356 g/mol. The second-order valence-corrected chi connectivity index (χ2v) is 8.06. The topological polar surface area (TPSA) is 87.1 Å². The lowest BCUT2D eigenvalue weighted by atomic mass is 10.2. The second kappa shape index (κ2) is 8.73. The van der Waals surface area contributed by atoms with Crippen molar-refractivity contribution in [3.63, 3.8) is 0 Å². The van der Waals surface area contributed by atoms with Gasteiger partial charge in [0.15, 0.2) is 5.78 Å². The van der Waals surface area contributed by atoms with Crippen LogP contribution in [0.25, 0.3) is 12.2 Å². The summed E-state index contributed by atoms with van der Waals surface area (Å²) in [4.78, 5) is 28.9. The number of carbonyl (C=O) groups excluding carboxylic acids is 1. The van der Waals surface area contributed by atoms with Gasteiger partial charge in [0.2, 0.25) is 11.8 Å². The standard InChI is InChI=1S/C21H26N4O3/c1-20(2,3)27-18-13-22-11-15(24-18)7-9-17(26)10-8-16-12-23-14-19(25-16)28-21(4,5)6/h7-14H,1-6H3/b9-7+,10-8+. The predicted molar refractivity (Wildman–Crippen MR) is 108 cm³/mol. The van der Waals surface area contributed by atoms with E-state index in [1.165, 1.54) is 24.5 Å². The molecule has 0 aliphatic carbocycles. The highest BCUT2D eigenvalue weighted by Crippen LogP contribution is 2.16. The molecule has 2 heterocycles. The Bertz CT molecular complexity index is 806. The first-order valence-electron chi connectivity index (χ1n) is 8.92. The summed E-state index contributed by atoms with van der Waals surface area (Å²) in [7, 11) is 0. The molecule has 0 unspecified atom stereocenters. The van der Waals surface area contributed by atoms with Crippen molar-refractivity contribution in [1.29, 1.82) is 0 Å². The average molecular weight is 382 g/mol. The van der Waals surface area contributed by atoms with Gasteiger partial charge in [-0.25, -0.2) is 9.97 Å². The van der Waals surface area contributed by atoms with Crippen LogP contribution in [0, 0.1) is 0 Å². The summed E-state index contributed by atoms with van der Waals surface area (Å²) in [5.74, 6) is 0.597. The van der Waals surface area contributed by atoms with E-state index < -0.39 is 0 Å². The SMILES string of the molecule is CC(C)(C)Oc1cncc(/C=C/C(=O)/C=C/c2cncc(OC(C)(C)C)n2)n1. The summed E-state index contributed by atoms with van der Waals surface area (Å²) in [5, 5.41) is 0. The smallest absolute Gasteiger partial charge is 0.233 e. The normalized spacial score (nSPS) is 12.5. The number of hydrogen-bond donors (Lipinski definition) is 0. The number of aromatic nitrogens is 4. The molecule has 0 spiro atoms. The third-order valence-electron chi connectivity index (χ3n) is 2.92. The number of rotatable bonds is 6. The van der Waals surface area contributed by atoms with Crippen LogP contribution >= 0.6 is 0 Å². The monoisotopic (exact) mass is 382 g/mol. The van der Waals surface area contributed by atoms with Crippen molar-refractivity contribution in [3.8, 4) is 11.8 Å². The molecule has 148 valence electrons. The van der Waals surface area contributed by atoms with Crippen molar-refractivity contribution >= 4 is 17.9 Å². The van der Waals surface area contributed by atoms with Gasteiger partial charge in [0.1, 0.15) is 11.2 Å². The highest BCUT2D eigenvalue weighted by atomic mass is 16.5. The van der Waals surface area contributed by atoms with E-state index in [1.54, 1.807) is 24.5 Å². The Morgan fingerprint density at radius 3 is 1.50 bits per heavy atom. The summed E-state index contributed by atoms with van der Waals surface area (Å²) in [6.07, 6.45) is 12.2. The van der Waals surface area contributed by atoms with E-state index in [0.717, 1.165) is 0 Å². The molecule has 0 fully saturated rings. The molecule has 0 amide bonds. The lowest BCUT2D eigenvalue weighted by Gasteiger charge is -2.19. The maximum Gasteiger partial charge on any atom is 0.233 e. The zero-order chi connectivity index (χ0) is 20.8. The summed E-state index contributed by atoms with van der Waals surface area (Å²) >= 11 is 0. The molecular formula is C21H26N4O3. The van der Waals surface area contributed by atoms with E-state index in [2.05, 4.69) is 19.9 Å². The minimum atomic E-state index is -0.373. The van der Waals surface area contributed by atoms with Crippen molar-refractivity contribution in [1.82, 2.24) is 19.9 Å². The molecule has 0 bridgehead atoms. The Labute approximate surface area is 165 Å². The molecule has 28 heavy (non-hydrogen) atoms. The van der Waals surface area contributed by atoms with Gasteiger partial charge in [0, 0.05) is 0 Å². The molecule has 0 saturated heterocycles. The second-order valence-electron chi connectivity index (χ2n) is 8.06. The van der Waals surface area contributed by atoms with E-state index in [-0.39, 0.29) is 17.0 Å². The van der Waals surface area contributed by atoms with E-state index in [0.29, 0.717) is 23.1 Å². The molecule has 7 heteroatoms. The van der Waals surface area contributed by atoms with Gasteiger partial charge >= 0.3 is 0 Å². The average Bonchev–Trinajstić information content (AvgIpc) is 2.56. The van der Waals surface area contributed by atoms with E-state index in [9.17, 15) is 4.79 Å². The van der Waals surface area contributed by atoms with Gasteiger partial charge in [-0.2, -0.15) is 0 Å². The Morgan fingerprint density at radius 1 is 0.750 bits per heavy atom. The van der Waals surface area contributed by atoms with Crippen molar-refractivity contribution in [2.45, 2.75) is 52.7 Å². The van der Waals surface area contributed by atoms with E-state index in [1.807, 2.05) is 41.5 Å². The molecule has 2 aromatic rings. The fraction of sp³-hybridized carbons (Fsp3) is 0.381. The molecule has 0 aliphatic heterocycles. The van der Waals surface area contributed by atoms with Crippen LogP contribution in [0.3, 0.4) is 0 Å². The molecule has 2 rings (SSSR count). The summed E-state index contributed by atoms with van der Waals surface area (Å²) in [6.45, 7) is 11.6. The van der Waals surface area contributed by atoms with Crippen molar-refractivity contribution in [2.75, 3.05) is 0 Å². The van der Waals surface area contributed by atoms with Crippen LogP contribution in [0.1, 0.15) is 52.9 Å². The molecule has 0 aliphatic rings. The van der Waals surface area contributed by atoms with E-state index in [4.69, 9.17) is 9.47 Å².